The van der Waals surface area contributed by atoms with Gasteiger partial charge in [-0.15, -0.1) is 0 Å². The fourth-order valence-corrected chi connectivity index (χ4v) is 4.84. The number of nitro groups is 1. The third-order valence-corrected chi connectivity index (χ3v) is 7.02. The van der Waals surface area contributed by atoms with Crippen LogP contribution in [0.25, 0.3) is 11.1 Å². The SMILES string of the molecule is C[C@H](OC(=O)Oc1ccc([N+](=O)[O-])cc1)C(=O)N[C@@H]1C(=O)N(CCOCc2ccccc2)c2ccccc2-c2ccccc21. The standard InChI is InChI=1S/C33H29N3O8/c1-22(43-33(39)44-25-17-15-24(16-18-25)36(40)41)31(37)34-30-28-13-6-5-11-26(28)27-12-7-8-14-29(27)35(32(30)38)19-20-42-21-23-9-3-2-4-10-23/h2-18,22,30H,19-21H2,1H3,(H,34,37)/t22-,30-/m0/s1. The van der Waals surface area contributed by atoms with E-state index in [9.17, 15) is 24.5 Å². The fraction of sp³-hybridized carbons (Fsp3) is 0.182. The molecule has 5 rings (SSSR count). The van der Waals surface area contributed by atoms with Gasteiger partial charge in [-0.3, -0.25) is 19.7 Å². The van der Waals surface area contributed by atoms with Crippen LogP contribution in [0.3, 0.4) is 0 Å². The molecular weight excluding hydrogens is 566 g/mol. The minimum absolute atomic E-state index is 0.00368. The molecule has 0 aliphatic carbocycles. The average Bonchev–Trinajstić information content (AvgIpc) is 3.13. The van der Waals surface area contributed by atoms with Gasteiger partial charge in [-0.1, -0.05) is 72.8 Å². The molecule has 2 atom stereocenters. The molecule has 1 aliphatic rings. The van der Waals surface area contributed by atoms with Crippen molar-refractivity contribution in [1.82, 2.24) is 5.32 Å². The lowest BCUT2D eigenvalue weighted by Gasteiger charge is -2.27. The Hall–Kier alpha value is -5.55. The summed E-state index contributed by atoms with van der Waals surface area (Å²) in [5.74, 6) is -1.09. The van der Waals surface area contributed by atoms with Crippen LogP contribution in [0, 0.1) is 10.1 Å². The molecule has 0 radical (unpaired) electrons. The maximum atomic E-state index is 14.1. The predicted molar refractivity (Wildman–Crippen MR) is 161 cm³/mol. The minimum atomic E-state index is -1.33. The second-order valence-electron chi connectivity index (χ2n) is 9.94. The van der Waals surface area contributed by atoms with Crippen LogP contribution < -0.4 is 15.0 Å². The van der Waals surface area contributed by atoms with Crippen molar-refractivity contribution in [3.8, 4) is 16.9 Å². The summed E-state index contributed by atoms with van der Waals surface area (Å²) in [4.78, 5) is 51.6. The van der Waals surface area contributed by atoms with E-state index in [1.54, 1.807) is 17.0 Å². The van der Waals surface area contributed by atoms with E-state index in [-0.39, 0.29) is 30.5 Å². The number of hydrogen-bond donors (Lipinski definition) is 1. The lowest BCUT2D eigenvalue weighted by atomic mass is 9.95. The molecule has 0 bridgehead atoms. The van der Waals surface area contributed by atoms with Crippen LogP contribution in [-0.2, 0) is 25.7 Å². The topological polar surface area (TPSA) is 137 Å². The Kier molecular flexibility index (Phi) is 9.26. The number of nitrogens with zero attached hydrogens (tertiary/aromatic N) is 2. The van der Waals surface area contributed by atoms with E-state index in [1.165, 1.54) is 31.2 Å². The molecule has 0 unspecified atom stereocenters. The number of carbonyl (C=O) groups excluding carboxylic acids is 3. The van der Waals surface area contributed by atoms with Gasteiger partial charge in [0.05, 0.1) is 23.8 Å². The second kappa shape index (κ2) is 13.6. The van der Waals surface area contributed by atoms with Crippen molar-refractivity contribution in [3.05, 3.63) is 124 Å². The normalized spacial score (nSPS) is 14.4. The Morgan fingerprint density at radius 3 is 2.30 bits per heavy atom. The first-order valence-corrected chi connectivity index (χ1v) is 13.9. The number of nitrogens with one attached hydrogen (secondary N) is 1. The number of hydrogen-bond acceptors (Lipinski definition) is 8. The molecule has 0 saturated carbocycles. The van der Waals surface area contributed by atoms with Crippen molar-refractivity contribution in [2.24, 2.45) is 0 Å². The number of anilines is 1. The van der Waals surface area contributed by atoms with Crippen molar-refractivity contribution in [2.45, 2.75) is 25.7 Å². The van der Waals surface area contributed by atoms with E-state index >= 15 is 0 Å². The van der Waals surface area contributed by atoms with Crippen LogP contribution in [0.5, 0.6) is 5.75 Å². The van der Waals surface area contributed by atoms with Gasteiger partial charge in [0.25, 0.3) is 17.5 Å². The zero-order chi connectivity index (χ0) is 31.1. The van der Waals surface area contributed by atoms with Gasteiger partial charge in [0.2, 0.25) is 0 Å². The van der Waals surface area contributed by atoms with Crippen molar-refractivity contribution >= 4 is 29.3 Å². The largest absolute Gasteiger partial charge is 0.514 e. The van der Waals surface area contributed by atoms with Gasteiger partial charge < -0.3 is 24.4 Å². The number of non-ortho nitro benzene ring substituents is 1. The molecule has 2 amide bonds. The summed E-state index contributed by atoms with van der Waals surface area (Å²) in [7, 11) is 0. The molecule has 44 heavy (non-hydrogen) atoms. The predicted octanol–water partition coefficient (Wildman–Crippen LogP) is 5.59. The molecule has 0 spiro atoms. The summed E-state index contributed by atoms with van der Waals surface area (Å²) in [6, 6.07) is 28.2. The highest BCUT2D eigenvalue weighted by Gasteiger charge is 2.36. The number of fused-ring (bicyclic) bond motifs is 3. The van der Waals surface area contributed by atoms with E-state index in [1.807, 2.05) is 66.7 Å². The zero-order valence-corrected chi connectivity index (χ0v) is 23.8. The van der Waals surface area contributed by atoms with Gasteiger partial charge in [-0.25, -0.2) is 4.79 Å². The second-order valence-corrected chi connectivity index (χ2v) is 9.94. The fourth-order valence-electron chi connectivity index (χ4n) is 4.84. The van der Waals surface area contributed by atoms with Crippen LogP contribution in [0.2, 0.25) is 0 Å². The van der Waals surface area contributed by atoms with Crippen LogP contribution in [0.4, 0.5) is 16.2 Å². The third kappa shape index (κ3) is 6.90. The van der Waals surface area contributed by atoms with Gasteiger partial charge in [-0.2, -0.15) is 0 Å². The molecule has 1 aliphatic heterocycles. The Morgan fingerprint density at radius 1 is 0.909 bits per heavy atom. The highest BCUT2D eigenvalue weighted by atomic mass is 16.7. The number of ether oxygens (including phenoxy) is 3. The molecule has 0 saturated heterocycles. The van der Waals surface area contributed by atoms with E-state index in [0.29, 0.717) is 17.9 Å². The monoisotopic (exact) mass is 595 g/mol. The van der Waals surface area contributed by atoms with Crippen LogP contribution in [0.1, 0.15) is 24.1 Å². The number of para-hydroxylation sites is 1. The molecule has 4 aromatic rings. The number of benzene rings is 4. The smallest absolute Gasteiger partial charge is 0.421 e. The maximum Gasteiger partial charge on any atom is 0.514 e. The van der Waals surface area contributed by atoms with E-state index in [0.717, 1.165) is 16.7 Å². The van der Waals surface area contributed by atoms with Crippen LogP contribution in [-0.4, -0.2) is 42.1 Å². The number of amides is 2. The van der Waals surface area contributed by atoms with E-state index in [4.69, 9.17) is 14.2 Å². The maximum absolute atomic E-state index is 14.1. The first kappa shape index (κ1) is 29.9. The summed E-state index contributed by atoms with van der Waals surface area (Å²) in [6.45, 7) is 2.22. The molecule has 224 valence electrons. The number of rotatable bonds is 10. The van der Waals surface area contributed by atoms with Gasteiger partial charge in [0, 0.05) is 24.2 Å². The first-order chi connectivity index (χ1) is 21.3. The quantitative estimate of drug-likeness (QED) is 0.0824. The Balaban J connectivity index is 1.31. The van der Waals surface area contributed by atoms with Crippen LogP contribution >= 0.6 is 0 Å². The van der Waals surface area contributed by atoms with Crippen molar-refractivity contribution in [2.75, 3.05) is 18.1 Å². The molecular formula is C33H29N3O8. The first-order valence-electron chi connectivity index (χ1n) is 13.9. The van der Waals surface area contributed by atoms with Gasteiger partial charge in [0.1, 0.15) is 11.8 Å². The van der Waals surface area contributed by atoms with Crippen molar-refractivity contribution < 1.29 is 33.5 Å². The number of carbonyl (C=O) groups is 3. The molecule has 0 aromatic heterocycles. The van der Waals surface area contributed by atoms with Crippen molar-refractivity contribution in [1.29, 1.82) is 0 Å². The lowest BCUT2D eigenvalue weighted by molar-refractivity contribution is -0.384. The Bertz CT molecular complexity index is 1660. The Labute approximate surface area is 253 Å². The highest BCUT2D eigenvalue weighted by Crippen LogP contribution is 2.40. The van der Waals surface area contributed by atoms with E-state index < -0.39 is 29.1 Å². The molecule has 11 nitrogen and oxygen atoms in total. The molecule has 0 fully saturated rings. The summed E-state index contributed by atoms with van der Waals surface area (Å²) in [5.41, 5.74) is 3.71. The molecule has 1 N–H and O–H groups in total. The Morgan fingerprint density at radius 2 is 1.57 bits per heavy atom. The van der Waals surface area contributed by atoms with E-state index in [2.05, 4.69) is 5.32 Å². The summed E-state index contributed by atoms with van der Waals surface area (Å²) < 4.78 is 16.1. The highest BCUT2D eigenvalue weighted by molar-refractivity contribution is 6.06. The zero-order valence-electron chi connectivity index (χ0n) is 23.8. The van der Waals surface area contributed by atoms with Gasteiger partial charge in [0.15, 0.2) is 6.10 Å². The molecule has 11 heteroatoms. The minimum Gasteiger partial charge on any atom is -0.421 e. The molecule has 1 heterocycles. The summed E-state index contributed by atoms with van der Waals surface area (Å²) in [5, 5.41) is 13.6. The van der Waals surface area contributed by atoms with Gasteiger partial charge in [-0.05, 0) is 41.8 Å². The summed E-state index contributed by atoms with van der Waals surface area (Å²) >= 11 is 0. The van der Waals surface area contributed by atoms with Crippen LogP contribution in [0.15, 0.2) is 103 Å². The number of nitro benzene ring substituents is 1. The molecule has 4 aromatic carbocycles. The third-order valence-electron chi connectivity index (χ3n) is 7.02. The lowest BCUT2D eigenvalue weighted by Crippen LogP contribution is -2.46. The van der Waals surface area contributed by atoms with Crippen molar-refractivity contribution in [3.63, 3.8) is 0 Å². The van der Waals surface area contributed by atoms with Gasteiger partial charge >= 0.3 is 6.16 Å². The average molecular weight is 596 g/mol. The summed E-state index contributed by atoms with van der Waals surface area (Å²) in [6.07, 6.45) is -2.51.